The Morgan fingerprint density at radius 1 is 1.36 bits per heavy atom. The summed E-state index contributed by atoms with van der Waals surface area (Å²) in [6.45, 7) is 0. The molecule has 1 aromatic rings. The van der Waals surface area contributed by atoms with Crippen molar-refractivity contribution in [3.63, 3.8) is 0 Å². The number of amides is 1. The molecule has 0 aromatic heterocycles. The van der Waals surface area contributed by atoms with E-state index < -0.39 is 0 Å². The largest absolute Gasteiger partial charge is 0.293 e. The number of aryl methyl sites for hydroxylation is 1. The molecule has 1 rings (SSSR count). The number of hydrogen-bond acceptors (Lipinski definition) is 1. The molecule has 0 atom stereocenters. The molecule has 72 valence electrons. The summed E-state index contributed by atoms with van der Waals surface area (Å²) < 4.78 is 0. The molecule has 0 aliphatic carbocycles. The molecule has 0 aliphatic heterocycles. The van der Waals surface area contributed by atoms with Crippen LogP contribution in [0.2, 0.25) is 0 Å². The molecule has 0 radical (unpaired) electrons. The number of nitrogens with zero attached hydrogens (tertiary/aromatic N) is 3. The van der Waals surface area contributed by atoms with Gasteiger partial charge < -0.3 is 0 Å². The minimum Gasteiger partial charge on any atom is -0.293 e. The van der Waals surface area contributed by atoms with Gasteiger partial charge in [0.1, 0.15) is 0 Å². The van der Waals surface area contributed by atoms with Gasteiger partial charge in [0, 0.05) is 11.3 Å². The number of rotatable bonds is 4. The van der Waals surface area contributed by atoms with Crippen LogP contribution in [0.4, 0.5) is 0 Å². The molecule has 1 amide bonds. The SMILES string of the molecule is [N-]=[N+]=NC(=O)CCCc1ccccc1. The smallest absolute Gasteiger partial charge is 0.218 e. The van der Waals surface area contributed by atoms with Crippen LogP contribution < -0.4 is 0 Å². The van der Waals surface area contributed by atoms with Crippen molar-refractivity contribution in [3.8, 4) is 0 Å². The fraction of sp³-hybridized carbons (Fsp3) is 0.300. The third-order valence-corrected chi connectivity index (χ3v) is 1.86. The predicted molar refractivity (Wildman–Crippen MR) is 53.5 cm³/mol. The Kier molecular flexibility index (Phi) is 4.24. The molecule has 1 aromatic carbocycles. The summed E-state index contributed by atoms with van der Waals surface area (Å²) in [5, 5.41) is 3.00. The van der Waals surface area contributed by atoms with Gasteiger partial charge in [-0.05, 0) is 29.1 Å². The molecule has 4 heteroatoms. The van der Waals surface area contributed by atoms with E-state index in [0.29, 0.717) is 6.42 Å². The van der Waals surface area contributed by atoms with Gasteiger partial charge in [-0.3, -0.25) is 4.79 Å². The van der Waals surface area contributed by atoms with Crippen molar-refractivity contribution in [1.82, 2.24) is 0 Å². The Bertz CT molecular complexity index is 342. The third-order valence-electron chi connectivity index (χ3n) is 1.86. The Morgan fingerprint density at radius 3 is 2.71 bits per heavy atom. The zero-order valence-electron chi connectivity index (χ0n) is 7.76. The van der Waals surface area contributed by atoms with E-state index in [2.05, 4.69) is 10.0 Å². The standard InChI is InChI=1S/C10H11N3O/c11-13-12-10(14)8-4-7-9-5-2-1-3-6-9/h1-3,5-6H,4,7-8H2. The molecule has 14 heavy (non-hydrogen) atoms. The normalized spacial score (nSPS) is 9.14. The van der Waals surface area contributed by atoms with Crippen LogP contribution in [0.15, 0.2) is 35.4 Å². The fourth-order valence-electron chi connectivity index (χ4n) is 1.19. The van der Waals surface area contributed by atoms with E-state index in [0.717, 1.165) is 12.8 Å². The van der Waals surface area contributed by atoms with Gasteiger partial charge in [-0.15, -0.1) is 0 Å². The van der Waals surface area contributed by atoms with Gasteiger partial charge >= 0.3 is 0 Å². The molecular formula is C10H11N3O. The van der Waals surface area contributed by atoms with Crippen LogP contribution in [0.5, 0.6) is 0 Å². The zero-order valence-corrected chi connectivity index (χ0v) is 7.76. The Morgan fingerprint density at radius 2 is 2.07 bits per heavy atom. The van der Waals surface area contributed by atoms with Gasteiger partial charge in [-0.2, -0.15) is 0 Å². The van der Waals surface area contributed by atoms with Crippen LogP contribution in [-0.4, -0.2) is 5.91 Å². The molecule has 0 aliphatic rings. The van der Waals surface area contributed by atoms with Crippen LogP contribution in [0.1, 0.15) is 18.4 Å². The first-order valence-electron chi connectivity index (χ1n) is 4.45. The van der Waals surface area contributed by atoms with Crippen molar-refractivity contribution in [2.75, 3.05) is 0 Å². The highest BCUT2D eigenvalue weighted by molar-refractivity contribution is 5.76. The Balaban J connectivity index is 2.29. The molecule has 0 saturated heterocycles. The van der Waals surface area contributed by atoms with Crippen molar-refractivity contribution >= 4 is 5.91 Å². The van der Waals surface area contributed by atoms with Gasteiger partial charge in [0.25, 0.3) is 0 Å². The van der Waals surface area contributed by atoms with E-state index in [-0.39, 0.29) is 5.91 Å². The second-order valence-electron chi connectivity index (χ2n) is 2.92. The summed E-state index contributed by atoms with van der Waals surface area (Å²) in [7, 11) is 0. The van der Waals surface area contributed by atoms with Crippen LogP contribution in [0.25, 0.3) is 10.4 Å². The lowest BCUT2D eigenvalue weighted by molar-refractivity contribution is -0.118. The minimum atomic E-state index is -0.386. The van der Waals surface area contributed by atoms with Gasteiger partial charge in [0.2, 0.25) is 5.91 Å². The summed E-state index contributed by atoms with van der Waals surface area (Å²) in [5.74, 6) is -0.386. The highest BCUT2D eigenvalue weighted by Crippen LogP contribution is 2.04. The number of benzene rings is 1. The van der Waals surface area contributed by atoms with E-state index in [1.807, 2.05) is 30.3 Å². The average Bonchev–Trinajstić information content (AvgIpc) is 2.20. The van der Waals surface area contributed by atoms with Gasteiger partial charge in [0.15, 0.2) is 0 Å². The third kappa shape index (κ3) is 3.74. The molecule has 0 heterocycles. The maximum atomic E-state index is 10.8. The highest BCUT2D eigenvalue weighted by Gasteiger charge is 1.98. The summed E-state index contributed by atoms with van der Waals surface area (Å²) in [6.07, 6.45) is 1.88. The van der Waals surface area contributed by atoms with Crippen molar-refractivity contribution in [2.24, 2.45) is 5.11 Å². The van der Waals surface area contributed by atoms with Gasteiger partial charge in [-0.1, -0.05) is 30.3 Å². The van der Waals surface area contributed by atoms with E-state index in [4.69, 9.17) is 5.53 Å². The molecule has 0 bridgehead atoms. The number of hydrogen-bond donors (Lipinski definition) is 0. The first-order chi connectivity index (χ1) is 6.83. The molecular weight excluding hydrogens is 178 g/mol. The maximum absolute atomic E-state index is 10.8. The average molecular weight is 189 g/mol. The van der Waals surface area contributed by atoms with E-state index in [1.54, 1.807) is 0 Å². The minimum absolute atomic E-state index is 0.318. The Labute approximate surface area is 82.2 Å². The monoisotopic (exact) mass is 189 g/mol. The molecule has 0 fully saturated rings. The van der Waals surface area contributed by atoms with Crippen molar-refractivity contribution in [2.45, 2.75) is 19.3 Å². The summed E-state index contributed by atoms with van der Waals surface area (Å²) >= 11 is 0. The predicted octanol–water partition coefficient (Wildman–Crippen LogP) is 2.85. The summed E-state index contributed by atoms with van der Waals surface area (Å²) in [5.41, 5.74) is 9.19. The van der Waals surface area contributed by atoms with Crippen LogP contribution in [-0.2, 0) is 11.2 Å². The molecule has 0 N–H and O–H groups in total. The van der Waals surface area contributed by atoms with Crippen molar-refractivity contribution in [1.29, 1.82) is 0 Å². The molecule has 0 spiro atoms. The zero-order chi connectivity index (χ0) is 10.2. The first-order valence-corrected chi connectivity index (χ1v) is 4.45. The van der Waals surface area contributed by atoms with Crippen LogP contribution in [0.3, 0.4) is 0 Å². The Hall–Kier alpha value is -1.80. The molecule has 0 unspecified atom stereocenters. The van der Waals surface area contributed by atoms with E-state index in [1.165, 1.54) is 5.56 Å². The van der Waals surface area contributed by atoms with E-state index in [9.17, 15) is 4.79 Å². The van der Waals surface area contributed by atoms with Crippen LogP contribution in [0, 0.1) is 0 Å². The highest BCUT2D eigenvalue weighted by atomic mass is 16.1. The van der Waals surface area contributed by atoms with E-state index >= 15 is 0 Å². The second-order valence-corrected chi connectivity index (χ2v) is 2.92. The van der Waals surface area contributed by atoms with Crippen molar-refractivity contribution in [3.05, 3.63) is 46.3 Å². The van der Waals surface area contributed by atoms with Gasteiger partial charge in [0.05, 0.1) is 0 Å². The second kappa shape index (κ2) is 5.78. The summed E-state index contributed by atoms with van der Waals surface area (Å²) in [6, 6.07) is 9.90. The number of carbonyl (C=O) groups is 1. The fourth-order valence-corrected chi connectivity index (χ4v) is 1.19. The first kappa shape index (κ1) is 10.3. The quantitative estimate of drug-likeness (QED) is 0.408. The lowest BCUT2D eigenvalue weighted by Crippen LogP contribution is -1.93. The number of carbonyl (C=O) groups excluding carboxylic acids is 1. The molecule has 0 saturated carbocycles. The lowest BCUT2D eigenvalue weighted by Gasteiger charge is -1.97. The topological polar surface area (TPSA) is 65.8 Å². The lowest BCUT2D eigenvalue weighted by atomic mass is 10.1. The summed E-state index contributed by atoms with van der Waals surface area (Å²) in [4.78, 5) is 13.2. The van der Waals surface area contributed by atoms with Gasteiger partial charge in [-0.25, -0.2) is 0 Å². The number of azide groups is 1. The van der Waals surface area contributed by atoms with Crippen LogP contribution >= 0.6 is 0 Å². The van der Waals surface area contributed by atoms with Crippen molar-refractivity contribution < 1.29 is 4.79 Å². The molecule has 4 nitrogen and oxygen atoms in total. The maximum Gasteiger partial charge on any atom is 0.218 e.